The average Bonchev–Trinajstić information content (AvgIpc) is 2.82. The third-order valence-electron chi connectivity index (χ3n) is 5.56. The Bertz CT molecular complexity index is 1000. The zero-order valence-corrected chi connectivity index (χ0v) is 19.0. The number of hydrogen-bond acceptors (Lipinski definition) is 7. The second-order valence-corrected chi connectivity index (χ2v) is 7.33. The fourth-order valence-electron chi connectivity index (χ4n) is 3.97. The van der Waals surface area contributed by atoms with Gasteiger partial charge < -0.3 is 23.7 Å². The molecule has 0 unspecified atom stereocenters. The maximum atomic E-state index is 13.2. The van der Waals surface area contributed by atoms with E-state index in [2.05, 4.69) is 0 Å². The molecule has 7 heteroatoms. The fraction of sp³-hybridized carbons (Fsp3) is 0.360. The van der Waals surface area contributed by atoms with Crippen molar-refractivity contribution >= 4 is 17.3 Å². The minimum Gasteiger partial charge on any atom is -0.497 e. The lowest BCUT2D eigenvalue weighted by Gasteiger charge is -2.30. The average molecular weight is 440 g/mol. The van der Waals surface area contributed by atoms with Crippen LogP contribution in [-0.2, 0) is 14.3 Å². The fourth-order valence-corrected chi connectivity index (χ4v) is 3.97. The molecule has 2 atom stereocenters. The van der Waals surface area contributed by atoms with Gasteiger partial charge in [0.15, 0.2) is 17.3 Å². The normalized spacial score (nSPS) is 17.9. The molecule has 0 radical (unpaired) electrons. The molecule has 170 valence electrons. The highest BCUT2D eigenvalue weighted by Crippen LogP contribution is 2.43. The highest BCUT2D eigenvalue weighted by atomic mass is 16.5. The van der Waals surface area contributed by atoms with E-state index in [1.54, 1.807) is 53.6 Å². The maximum absolute atomic E-state index is 13.2. The Kier molecular flexibility index (Phi) is 7.41. The molecule has 7 nitrogen and oxygen atoms in total. The van der Waals surface area contributed by atoms with Crippen molar-refractivity contribution < 1.29 is 33.3 Å². The van der Waals surface area contributed by atoms with Gasteiger partial charge in [0.25, 0.3) is 0 Å². The van der Waals surface area contributed by atoms with E-state index in [0.717, 1.165) is 16.7 Å². The summed E-state index contributed by atoms with van der Waals surface area (Å²) in [6.45, 7) is 1.92. The third-order valence-corrected chi connectivity index (χ3v) is 5.56. The number of carbonyl (C=O) groups excluding carboxylic acids is 2. The Morgan fingerprint density at radius 1 is 0.906 bits per heavy atom. The van der Waals surface area contributed by atoms with E-state index in [0.29, 0.717) is 29.4 Å². The van der Waals surface area contributed by atoms with Gasteiger partial charge in [-0.25, -0.2) is 0 Å². The predicted molar refractivity (Wildman–Crippen MR) is 120 cm³/mol. The first-order valence-electron chi connectivity index (χ1n) is 10.3. The van der Waals surface area contributed by atoms with E-state index in [4.69, 9.17) is 23.7 Å². The van der Waals surface area contributed by atoms with Crippen LogP contribution >= 0.6 is 0 Å². The summed E-state index contributed by atoms with van der Waals surface area (Å²) in [7, 11) is 6.24. The van der Waals surface area contributed by atoms with Gasteiger partial charge in [-0.3, -0.25) is 9.59 Å². The summed E-state index contributed by atoms with van der Waals surface area (Å²) >= 11 is 0. The molecule has 0 aromatic heterocycles. The van der Waals surface area contributed by atoms with Gasteiger partial charge in [-0.05, 0) is 60.4 Å². The van der Waals surface area contributed by atoms with Crippen LogP contribution in [0.5, 0.6) is 23.0 Å². The van der Waals surface area contributed by atoms with Crippen LogP contribution in [0.2, 0.25) is 0 Å². The summed E-state index contributed by atoms with van der Waals surface area (Å²) in [6.07, 6.45) is 1.97. The highest BCUT2D eigenvalue weighted by molar-refractivity contribution is 6.10. The van der Waals surface area contributed by atoms with E-state index in [9.17, 15) is 9.59 Å². The molecule has 0 saturated carbocycles. The molecule has 2 aromatic carbocycles. The number of ketones is 1. The van der Waals surface area contributed by atoms with Gasteiger partial charge in [0.2, 0.25) is 0 Å². The van der Waals surface area contributed by atoms with Crippen molar-refractivity contribution in [2.45, 2.75) is 19.3 Å². The van der Waals surface area contributed by atoms with Crippen LogP contribution < -0.4 is 18.9 Å². The monoisotopic (exact) mass is 440 g/mol. The molecule has 1 aliphatic carbocycles. The van der Waals surface area contributed by atoms with Crippen LogP contribution in [0.4, 0.5) is 0 Å². The molecule has 0 saturated heterocycles. The Balaban J connectivity index is 2.09. The topological polar surface area (TPSA) is 80.3 Å². The van der Waals surface area contributed by atoms with Crippen molar-refractivity contribution in [2.75, 3.05) is 35.0 Å². The molecule has 32 heavy (non-hydrogen) atoms. The number of esters is 1. The van der Waals surface area contributed by atoms with Gasteiger partial charge in [-0.2, -0.15) is 0 Å². The zero-order valence-electron chi connectivity index (χ0n) is 19.0. The second-order valence-electron chi connectivity index (χ2n) is 7.33. The summed E-state index contributed by atoms with van der Waals surface area (Å²) in [5, 5.41) is 0. The third kappa shape index (κ3) is 4.72. The van der Waals surface area contributed by atoms with Crippen molar-refractivity contribution in [1.82, 2.24) is 0 Å². The summed E-state index contributed by atoms with van der Waals surface area (Å²) in [6, 6.07) is 10.9. The minimum atomic E-state index is -0.940. The number of carbonyl (C=O) groups is 2. The Morgan fingerprint density at radius 2 is 1.56 bits per heavy atom. The quantitative estimate of drug-likeness (QED) is 0.453. The molecule has 1 aliphatic rings. The molecular weight excluding hydrogens is 412 g/mol. The minimum absolute atomic E-state index is 0.199. The van der Waals surface area contributed by atoms with Gasteiger partial charge in [0.1, 0.15) is 17.4 Å². The van der Waals surface area contributed by atoms with Crippen LogP contribution in [0.3, 0.4) is 0 Å². The van der Waals surface area contributed by atoms with Crippen LogP contribution in [0, 0.1) is 5.92 Å². The van der Waals surface area contributed by atoms with Crippen LogP contribution in [-0.4, -0.2) is 46.8 Å². The molecule has 0 fully saturated rings. The molecule has 0 heterocycles. The molecular formula is C25H28O7. The SMILES string of the molecule is CCOC(=O)[C@@H]1C(=O)C=C(c2cc(OC)cc(OC)c2)C[C@@H]1c1ccc(OC)c(OC)c1. The smallest absolute Gasteiger partial charge is 0.317 e. The van der Waals surface area contributed by atoms with Crippen molar-refractivity contribution in [2.24, 2.45) is 5.92 Å². The van der Waals surface area contributed by atoms with Crippen molar-refractivity contribution in [3.63, 3.8) is 0 Å². The summed E-state index contributed by atoms with van der Waals surface area (Å²) in [5.41, 5.74) is 2.37. The second kappa shape index (κ2) is 10.2. The van der Waals surface area contributed by atoms with Crippen LogP contribution in [0.15, 0.2) is 42.5 Å². The first kappa shape index (κ1) is 23.2. The predicted octanol–water partition coefficient (Wildman–Crippen LogP) is 4.04. The number of benzene rings is 2. The first-order chi connectivity index (χ1) is 15.4. The first-order valence-corrected chi connectivity index (χ1v) is 10.3. The number of ether oxygens (including phenoxy) is 5. The molecule has 0 amide bonds. The number of allylic oxidation sites excluding steroid dienone is 2. The number of rotatable bonds is 8. The number of hydrogen-bond donors (Lipinski definition) is 0. The van der Waals surface area contributed by atoms with Gasteiger partial charge in [0, 0.05) is 12.0 Å². The molecule has 0 bridgehead atoms. The number of methoxy groups -OCH3 is 4. The standard InChI is InChI=1S/C25H28O7/c1-6-32-25(27)24-20(15-7-8-22(30-4)23(13-15)31-5)11-17(12-21(24)26)16-9-18(28-2)14-19(10-16)29-3/h7-10,12-14,20,24H,6,11H2,1-5H3/t20-,24+/m1/s1. The summed E-state index contributed by atoms with van der Waals surface area (Å²) < 4.78 is 26.8. The van der Waals surface area contributed by atoms with Crippen LogP contribution in [0.1, 0.15) is 30.4 Å². The van der Waals surface area contributed by atoms with Crippen molar-refractivity contribution in [1.29, 1.82) is 0 Å². The van der Waals surface area contributed by atoms with E-state index in [-0.39, 0.29) is 12.4 Å². The molecule has 0 spiro atoms. The lowest BCUT2D eigenvalue weighted by molar-refractivity contribution is -0.151. The van der Waals surface area contributed by atoms with Crippen LogP contribution in [0.25, 0.3) is 5.57 Å². The van der Waals surface area contributed by atoms with E-state index >= 15 is 0 Å². The molecule has 2 aromatic rings. The zero-order chi connectivity index (χ0) is 23.3. The Morgan fingerprint density at radius 3 is 2.12 bits per heavy atom. The molecule has 0 aliphatic heterocycles. The van der Waals surface area contributed by atoms with Crippen molar-refractivity contribution in [3.05, 3.63) is 53.6 Å². The van der Waals surface area contributed by atoms with Gasteiger partial charge >= 0.3 is 5.97 Å². The lowest BCUT2D eigenvalue weighted by Crippen LogP contribution is -2.34. The largest absolute Gasteiger partial charge is 0.497 e. The maximum Gasteiger partial charge on any atom is 0.317 e. The molecule has 0 N–H and O–H groups in total. The Labute approximate surface area is 187 Å². The molecule has 3 rings (SSSR count). The van der Waals surface area contributed by atoms with Gasteiger partial charge in [0.05, 0.1) is 35.0 Å². The summed E-state index contributed by atoms with van der Waals surface area (Å²) in [4.78, 5) is 25.9. The van der Waals surface area contributed by atoms with E-state index in [1.807, 2.05) is 18.2 Å². The Hall–Kier alpha value is -3.48. The highest BCUT2D eigenvalue weighted by Gasteiger charge is 2.40. The summed E-state index contributed by atoms with van der Waals surface area (Å²) in [5.74, 6) is 0.120. The lowest BCUT2D eigenvalue weighted by atomic mass is 9.73. The van der Waals surface area contributed by atoms with E-state index in [1.165, 1.54) is 6.08 Å². The van der Waals surface area contributed by atoms with Crippen molar-refractivity contribution in [3.8, 4) is 23.0 Å². The van der Waals surface area contributed by atoms with E-state index < -0.39 is 17.8 Å². The van der Waals surface area contributed by atoms with Gasteiger partial charge in [-0.1, -0.05) is 6.07 Å². The van der Waals surface area contributed by atoms with Gasteiger partial charge in [-0.15, -0.1) is 0 Å².